The van der Waals surface area contributed by atoms with E-state index in [0.29, 0.717) is 5.56 Å². The SMILES string of the molecule is CC(=O)NC1=NN(C(C)=O)C(c2ccccc2[N+](=O)[O-])S1. The van der Waals surface area contributed by atoms with Gasteiger partial charge in [0.15, 0.2) is 5.17 Å². The maximum atomic E-state index is 11.7. The van der Waals surface area contributed by atoms with Crippen molar-refractivity contribution >= 4 is 34.4 Å². The predicted octanol–water partition coefficient (Wildman–Crippen LogP) is 1.60. The van der Waals surface area contributed by atoms with Gasteiger partial charge in [-0.25, -0.2) is 5.01 Å². The van der Waals surface area contributed by atoms with E-state index in [9.17, 15) is 19.7 Å². The molecule has 9 heteroatoms. The van der Waals surface area contributed by atoms with Crippen LogP contribution in [0.2, 0.25) is 0 Å². The van der Waals surface area contributed by atoms with Crippen molar-refractivity contribution in [2.24, 2.45) is 5.10 Å². The van der Waals surface area contributed by atoms with Gasteiger partial charge in [0, 0.05) is 19.9 Å². The standard InChI is InChI=1S/C12H12N4O4S/c1-7(17)13-12-14-15(8(2)18)11(21-12)9-5-3-4-6-10(9)16(19)20/h3-6,11H,1-2H3,(H,13,14,17). The molecule has 0 aromatic heterocycles. The number of para-hydroxylation sites is 1. The maximum absolute atomic E-state index is 11.7. The summed E-state index contributed by atoms with van der Waals surface area (Å²) in [5, 5.41) is 18.3. The van der Waals surface area contributed by atoms with E-state index < -0.39 is 10.3 Å². The number of carbonyl (C=O) groups excluding carboxylic acids is 2. The number of nitro benzene ring substituents is 1. The molecule has 0 saturated heterocycles. The van der Waals surface area contributed by atoms with E-state index in [0.717, 1.165) is 16.8 Å². The molecular weight excluding hydrogens is 296 g/mol. The van der Waals surface area contributed by atoms with E-state index in [1.54, 1.807) is 18.2 Å². The molecule has 1 N–H and O–H groups in total. The smallest absolute Gasteiger partial charge is 0.275 e. The number of thioether (sulfide) groups is 1. The highest BCUT2D eigenvalue weighted by Gasteiger charge is 2.36. The van der Waals surface area contributed by atoms with Crippen molar-refractivity contribution in [3.05, 3.63) is 39.9 Å². The first-order chi connectivity index (χ1) is 9.90. The Balaban J connectivity index is 2.38. The van der Waals surface area contributed by atoms with E-state index >= 15 is 0 Å². The monoisotopic (exact) mass is 308 g/mol. The third-order valence-corrected chi connectivity index (χ3v) is 3.73. The van der Waals surface area contributed by atoms with Crippen LogP contribution in [0.4, 0.5) is 5.69 Å². The minimum Gasteiger partial charge on any atom is -0.304 e. The van der Waals surface area contributed by atoms with Crippen molar-refractivity contribution in [2.75, 3.05) is 0 Å². The van der Waals surface area contributed by atoms with Gasteiger partial charge in [0.05, 0.1) is 10.5 Å². The Morgan fingerprint density at radius 1 is 1.38 bits per heavy atom. The highest BCUT2D eigenvalue weighted by Crippen LogP contribution is 2.42. The topological polar surface area (TPSA) is 105 Å². The van der Waals surface area contributed by atoms with Crippen molar-refractivity contribution in [2.45, 2.75) is 19.2 Å². The average molecular weight is 308 g/mol. The number of nitrogens with one attached hydrogen (secondary N) is 1. The maximum Gasteiger partial charge on any atom is 0.275 e. The Labute approximate surface area is 124 Å². The van der Waals surface area contributed by atoms with Gasteiger partial charge in [-0.15, -0.1) is 5.10 Å². The largest absolute Gasteiger partial charge is 0.304 e. The van der Waals surface area contributed by atoms with E-state index in [2.05, 4.69) is 10.4 Å². The molecule has 8 nitrogen and oxygen atoms in total. The van der Waals surface area contributed by atoms with Crippen LogP contribution in [0, 0.1) is 10.1 Å². The van der Waals surface area contributed by atoms with E-state index in [1.165, 1.54) is 19.9 Å². The van der Waals surface area contributed by atoms with Gasteiger partial charge in [-0.3, -0.25) is 19.7 Å². The summed E-state index contributed by atoms with van der Waals surface area (Å²) < 4.78 is 0. The van der Waals surface area contributed by atoms with Gasteiger partial charge in [0.1, 0.15) is 5.37 Å². The second-order valence-electron chi connectivity index (χ2n) is 4.24. The van der Waals surface area contributed by atoms with Gasteiger partial charge in [0.25, 0.3) is 5.69 Å². The summed E-state index contributed by atoms with van der Waals surface area (Å²) in [6.07, 6.45) is 0. The second kappa shape index (κ2) is 5.92. The van der Waals surface area contributed by atoms with Crippen LogP contribution < -0.4 is 5.32 Å². The summed E-state index contributed by atoms with van der Waals surface area (Å²) in [5.74, 6) is -0.695. The molecule has 1 atom stereocenters. The summed E-state index contributed by atoms with van der Waals surface area (Å²) in [4.78, 5) is 33.3. The average Bonchev–Trinajstić information content (AvgIpc) is 2.81. The number of rotatable bonds is 2. The molecule has 0 radical (unpaired) electrons. The number of amidine groups is 1. The molecule has 110 valence electrons. The lowest BCUT2D eigenvalue weighted by Gasteiger charge is -2.18. The Morgan fingerprint density at radius 3 is 2.62 bits per heavy atom. The number of carbonyl (C=O) groups is 2. The number of benzene rings is 1. The molecule has 21 heavy (non-hydrogen) atoms. The summed E-state index contributed by atoms with van der Waals surface area (Å²) >= 11 is 1.08. The number of nitrogens with zero attached hydrogens (tertiary/aromatic N) is 3. The lowest BCUT2D eigenvalue weighted by Crippen LogP contribution is -2.25. The molecule has 0 saturated carbocycles. The molecule has 1 aliphatic rings. The fraction of sp³-hybridized carbons (Fsp3) is 0.250. The first-order valence-electron chi connectivity index (χ1n) is 5.96. The molecule has 1 aromatic carbocycles. The minimum atomic E-state index is -0.675. The van der Waals surface area contributed by atoms with E-state index in [-0.39, 0.29) is 22.7 Å². The van der Waals surface area contributed by atoms with Crippen molar-refractivity contribution in [1.29, 1.82) is 0 Å². The summed E-state index contributed by atoms with van der Waals surface area (Å²) in [7, 11) is 0. The fourth-order valence-electron chi connectivity index (χ4n) is 1.83. The molecule has 1 heterocycles. The van der Waals surface area contributed by atoms with E-state index in [1.807, 2.05) is 0 Å². The molecule has 0 fully saturated rings. The Bertz CT molecular complexity index is 646. The van der Waals surface area contributed by atoms with Gasteiger partial charge in [0.2, 0.25) is 11.8 Å². The highest BCUT2D eigenvalue weighted by atomic mass is 32.2. The van der Waals surface area contributed by atoms with Crippen LogP contribution in [-0.4, -0.2) is 26.9 Å². The van der Waals surface area contributed by atoms with Crippen LogP contribution in [0.5, 0.6) is 0 Å². The molecule has 1 aromatic rings. The Hall–Kier alpha value is -2.42. The molecule has 0 aliphatic carbocycles. The Kier molecular flexibility index (Phi) is 4.22. The third-order valence-electron chi connectivity index (χ3n) is 2.65. The zero-order valence-corrected chi connectivity index (χ0v) is 12.1. The lowest BCUT2D eigenvalue weighted by molar-refractivity contribution is -0.385. The van der Waals surface area contributed by atoms with Gasteiger partial charge >= 0.3 is 0 Å². The summed E-state index contributed by atoms with van der Waals surface area (Å²) in [6, 6.07) is 6.13. The van der Waals surface area contributed by atoms with E-state index in [4.69, 9.17) is 0 Å². The van der Waals surface area contributed by atoms with Crippen molar-refractivity contribution in [3.63, 3.8) is 0 Å². The molecule has 0 spiro atoms. The normalized spacial score (nSPS) is 17.3. The van der Waals surface area contributed by atoms with Gasteiger partial charge in [-0.2, -0.15) is 0 Å². The zero-order valence-electron chi connectivity index (χ0n) is 11.3. The summed E-state index contributed by atoms with van der Waals surface area (Å²) in [6.45, 7) is 2.63. The predicted molar refractivity (Wildman–Crippen MR) is 77.2 cm³/mol. The molecule has 2 amide bonds. The number of nitro groups is 1. The Morgan fingerprint density at radius 2 is 2.05 bits per heavy atom. The number of amides is 2. The second-order valence-corrected chi connectivity index (χ2v) is 5.30. The van der Waals surface area contributed by atoms with Gasteiger partial charge < -0.3 is 5.32 Å². The lowest BCUT2D eigenvalue weighted by atomic mass is 10.1. The van der Waals surface area contributed by atoms with Crippen molar-refractivity contribution < 1.29 is 14.5 Å². The van der Waals surface area contributed by atoms with Crippen LogP contribution in [0.25, 0.3) is 0 Å². The zero-order chi connectivity index (χ0) is 15.6. The molecule has 1 aliphatic heterocycles. The van der Waals surface area contributed by atoms with Crippen LogP contribution in [0.3, 0.4) is 0 Å². The first-order valence-corrected chi connectivity index (χ1v) is 6.84. The van der Waals surface area contributed by atoms with Crippen molar-refractivity contribution in [3.8, 4) is 0 Å². The quantitative estimate of drug-likeness (QED) is 0.660. The molecular formula is C12H12N4O4S. The van der Waals surface area contributed by atoms with Crippen LogP contribution in [-0.2, 0) is 9.59 Å². The minimum absolute atomic E-state index is 0.0967. The van der Waals surface area contributed by atoms with Crippen LogP contribution in [0.1, 0.15) is 24.8 Å². The fourth-order valence-corrected chi connectivity index (χ4v) is 3.00. The highest BCUT2D eigenvalue weighted by molar-refractivity contribution is 8.14. The number of hydrogen-bond acceptors (Lipinski definition) is 6. The van der Waals surface area contributed by atoms with Gasteiger partial charge in [-0.05, 0) is 6.07 Å². The van der Waals surface area contributed by atoms with Crippen LogP contribution in [0.15, 0.2) is 29.4 Å². The molecule has 1 unspecified atom stereocenters. The number of hydrazone groups is 1. The van der Waals surface area contributed by atoms with Crippen molar-refractivity contribution in [1.82, 2.24) is 10.3 Å². The summed E-state index contributed by atoms with van der Waals surface area (Å²) in [5.41, 5.74) is 0.257. The number of hydrogen-bond donors (Lipinski definition) is 1. The first kappa shape index (κ1) is 15.0. The van der Waals surface area contributed by atoms with Crippen LogP contribution >= 0.6 is 11.8 Å². The molecule has 2 rings (SSSR count). The van der Waals surface area contributed by atoms with Gasteiger partial charge in [-0.1, -0.05) is 23.9 Å². The third kappa shape index (κ3) is 3.19. The molecule has 0 bridgehead atoms.